The molecule has 0 atom stereocenters. The summed E-state index contributed by atoms with van der Waals surface area (Å²) in [5.41, 5.74) is 1.80. The van der Waals surface area contributed by atoms with Gasteiger partial charge in [-0.05, 0) is 57.7 Å². The Morgan fingerprint density at radius 3 is 2.57 bits per heavy atom. The van der Waals surface area contributed by atoms with Gasteiger partial charge in [0.25, 0.3) is 0 Å². The Labute approximate surface area is 135 Å². The van der Waals surface area contributed by atoms with E-state index in [2.05, 4.69) is 39.8 Å². The van der Waals surface area contributed by atoms with Crippen LogP contribution in [0, 0.1) is 0 Å². The van der Waals surface area contributed by atoms with Crippen molar-refractivity contribution in [2.45, 2.75) is 25.4 Å². The second-order valence-corrected chi connectivity index (χ2v) is 6.62. The van der Waals surface area contributed by atoms with E-state index in [0.717, 1.165) is 24.1 Å². The summed E-state index contributed by atoms with van der Waals surface area (Å²) in [4.78, 5) is 16.3. The predicted molar refractivity (Wildman–Crippen MR) is 87.5 cm³/mol. The lowest BCUT2D eigenvalue weighted by atomic mass is 10.0. The van der Waals surface area contributed by atoms with Crippen molar-refractivity contribution in [2.24, 2.45) is 0 Å². The summed E-state index contributed by atoms with van der Waals surface area (Å²) in [6.07, 6.45) is 2.43. The molecule has 0 unspecified atom stereocenters. The molecule has 0 amide bonds. The van der Waals surface area contributed by atoms with E-state index in [0.29, 0.717) is 11.6 Å². The molecule has 5 heteroatoms. The molecule has 0 N–H and O–H groups in total. The molecule has 1 saturated heterocycles. The maximum atomic E-state index is 11.5. The maximum absolute atomic E-state index is 11.5. The van der Waals surface area contributed by atoms with E-state index >= 15 is 0 Å². The molecule has 1 fully saturated rings. The lowest BCUT2D eigenvalue weighted by molar-refractivity contribution is 0.0600. The van der Waals surface area contributed by atoms with Gasteiger partial charge in [-0.2, -0.15) is 0 Å². The summed E-state index contributed by atoms with van der Waals surface area (Å²) in [6.45, 7) is 3.16. The summed E-state index contributed by atoms with van der Waals surface area (Å²) in [7, 11) is 5.71. The summed E-state index contributed by atoms with van der Waals surface area (Å²) in [6, 6.07) is 6.38. The van der Waals surface area contributed by atoms with Crippen LogP contribution in [0.1, 0.15) is 28.8 Å². The van der Waals surface area contributed by atoms with E-state index in [9.17, 15) is 4.79 Å². The Hall–Kier alpha value is -0.910. The Morgan fingerprint density at radius 2 is 2.05 bits per heavy atom. The summed E-state index contributed by atoms with van der Waals surface area (Å²) in [5, 5.41) is 0. The number of esters is 1. The van der Waals surface area contributed by atoms with Crippen LogP contribution in [-0.4, -0.2) is 56.1 Å². The van der Waals surface area contributed by atoms with Gasteiger partial charge in [-0.15, -0.1) is 0 Å². The largest absolute Gasteiger partial charge is 0.465 e. The van der Waals surface area contributed by atoms with Crippen molar-refractivity contribution in [2.75, 3.05) is 34.3 Å². The van der Waals surface area contributed by atoms with Gasteiger partial charge in [-0.25, -0.2) is 4.79 Å². The van der Waals surface area contributed by atoms with Gasteiger partial charge >= 0.3 is 5.97 Å². The van der Waals surface area contributed by atoms with Crippen LogP contribution < -0.4 is 0 Å². The standard InChI is InChI=1S/C16H23BrN2O2/c1-18(2)14-6-8-19(9-7-14)11-13-5-4-12(10-15(13)17)16(20)21-3/h4-5,10,14H,6-9,11H2,1-3H3. The molecular weight excluding hydrogens is 332 g/mol. The Balaban J connectivity index is 1.96. The minimum atomic E-state index is -0.297. The molecule has 4 nitrogen and oxygen atoms in total. The Kier molecular flexibility index (Phi) is 5.79. The van der Waals surface area contributed by atoms with Crippen LogP contribution in [0.25, 0.3) is 0 Å². The first-order valence-electron chi connectivity index (χ1n) is 7.26. The van der Waals surface area contributed by atoms with E-state index in [1.807, 2.05) is 18.2 Å². The summed E-state index contributed by atoms with van der Waals surface area (Å²) < 4.78 is 5.71. The Bertz CT molecular complexity index is 497. The second-order valence-electron chi connectivity index (χ2n) is 5.77. The number of ether oxygens (including phenoxy) is 1. The van der Waals surface area contributed by atoms with Crippen LogP contribution in [-0.2, 0) is 11.3 Å². The van der Waals surface area contributed by atoms with Crippen LogP contribution >= 0.6 is 15.9 Å². The molecular formula is C16H23BrN2O2. The van der Waals surface area contributed by atoms with Gasteiger partial charge in [-0.3, -0.25) is 4.90 Å². The lowest BCUT2D eigenvalue weighted by Crippen LogP contribution is -2.41. The minimum absolute atomic E-state index is 0.297. The van der Waals surface area contributed by atoms with Crippen LogP contribution in [0.3, 0.4) is 0 Å². The lowest BCUT2D eigenvalue weighted by Gasteiger charge is -2.35. The van der Waals surface area contributed by atoms with Gasteiger partial charge in [0, 0.05) is 17.1 Å². The maximum Gasteiger partial charge on any atom is 0.337 e. The molecule has 116 valence electrons. The number of carbonyl (C=O) groups excluding carboxylic acids is 1. The zero-order chi connectivity index (χ0) is 15.4. The fourth-order valence-electron chi connectivity index (χ4n) is 2.76. The second kappa shape index (κ2) is 7.38. The summed E-state index contributed by atoms with van der Waals surface area (Å²) in [5.74, 6) is -0.297. The molecule has 0 spiro atoms. The molecule has 1 aromatic rings. The number of likely N-dealkylation sites (tertiary alicyclic amines) is 1. The molecule has 1 heterocycles. The van der Waals surface area contributed by atoms with Gasteiger partial charge < -0.3 is 9.64 Å². The highest BCUT2D eigenvalue weighted by Gasteiger charge is 2.21. The van der Waals surface area contributed by atoms with Crippen molar-refractivity contribution in [3.8, 4) is 0 Å². The molecule has 1 aromatic carbocycles. The highest BCUT2D eigenvalue weighted by Crippen LogP contribution is 2.23. The number of nitrogens with zero attached hydrogens (tertiary/aromatic N) is 2. The van der Waals surface area contributed by atoms with Crippen LogP contribution in [0.5, 0.6) is 0 Å². The molecule has 0 radical (unpaired) electrons. The quantitative estimate of drug-likeness (QED) is 0.778. The molecule has 1 aliphatic rings. The zero-order valence-corrected chi connectivity index (χ0v) is 14.5. The molecule has 21 heavy (non-hydrogen) atoms. The van der Waals surface area contributed by atoms with Crippen LogP contribution in [0.4, 0.5) is 0 Å². The van der Waals surface area contributed by atoms with Crippen LogP contribution in [0.2, 0.25) is 0 Å². The smallest absolute Gasteiger partial charge is 0.337 e. The fraction of sp³-hybridized carbons (Fsp3) is 0.562. The first-order chi connectivity index (χ1) is 10.0. The van der Waals surface area contributed by atoms with E-state index < -0.39 is 0 Å². The normalized spacial score (nSPS) is 17.2. The number of piperidine rings is 1. The van der Waals surface area contributed by atoms with E-state index in [-0.39, 0.29) is 5.97 Å². The van der Waals surface area contributed by atoms with Crippen molar-refractivity contribution in [1.29, 1.82) is 0 Å². The molecule has 0 bridgehead atoms. The molecule has 0 aromatic heterocycles. The summed E-state index contributed by atoms with van der Waals surface area (Å²) >= 11 is 3.56. The Morgan fingerprint density at radius 1 is 1.38 bits per heavy atom. The van der Waals surface area contributed by atoms with E-state index in [1.54, 1.807) is 0 Å². The van der Waals surface area contributed by atoms with Gasteiger partial charge in [-0.1, -0.05) is 22.0 Å². The number of carbonyl (C=O) groups is 1. The topological polar surface area (TPSA) is 32.8 Å². The number of halogens is 1. The monoisotopic (exact) mass is 354 g/mol. The highest BCUT2D eigenvalue weighted by molar-refractivity contribution is 9.10. The van der Waals surface area contributed by atoms with Crippen molar-refractivity contribution < 1.29 is 9.53 Å². The average Bonchev–Trinajstić information content (AvgIpc) is 2.49. The predicted octanol–water partition coefficient (Wildman–Crippen LogP) is 2.76. The fourth-order valence-corrected chi connectivity index (χ4v) is 3.26. The number of benzene rings is 1. The third-order valence-electron chi connectivity index (χ3n) is 4.16. The average molecular weight is 355 g/mol. The number of hydrogen-bond donors (Lipinski definition) is 0. The van der Waals surface area contributed by atoms with Gasteiger partial charge in [0.1, 0.15) is 0 Å². The first-order valence-corrected chi connectivity index (χ1v) is 8.06. The molecule has 0 aliphatic carbocycles. The van der Waals surface area contributed by atoms with Crippen molar-refractivity contribution in [3.05, 3.63) is 33.8 Å². The first kappa shape index (κ1) is 16.5. The third kappa shape index (κ3) is 4.28. The van der Waals surface area contributed by atoms with Crippen LogP contribution in [0.15, 0.2) is 22.7 Å². The van der Waals surface area contributed by atoms with Gasteiger partial charge in [0.2, 0.25) is 0 Å². The van der Waals surface area contributed by atoms with Crippen molar-refractivity contribution >= 4 is 21.9 Å². The van der Waals surface area contributed by atoms with Crippen molar-refractivity contribution in [3.63, 3.8) is 0 Å². The number of rotatable bonds is 4. The highest BCUT2D eigenvalue weighted by atomic mass is 79.9. The molecule has 1 aliphatic heterocycles. The molecule has 0 saturated carbocycles. The molecule has 2 rings (SSSR count). The zero-order valence-electron chi connectivity index (χ0n) is 12.9. The number of hydrogen-bond acceptors (Lipinski definition) is 4. The van der Waals surface area contributed by atoms with E-state index in [4.69, 9.17) is 4.74 Å². The van der Waals surface area contributed by atoms with E-state index in [1.165, 1.54) is 25.5 Å². The minimum Gasteiger partial charge on any atom is -0.465 e. The third-order valence-corrected chi connectivity index (χ3v) is 4.89. The van der Waals surface area contributed by atoms with Crippen molar-refractivity contribution in [1.82, 2.24) is 9.80 Å². The SMILES string of the molecule is COC(=O)c1ccc(CN2CCC(N(C)C)CC2)c(Br)c1. The number of methoxy groups -OCH3 is 1. The van der Waals surface area contributed by atoms with Gasteiger partial charge in [0.15, 0.2) is 0 Å². The van der Waals surface area contributed by atoms with Gasteiger partial charge in [0.05, 0.1) is 12.7 Å².